The van der Waals surface area contributed by atoms with Crippen molar-refractivity contribution < 1.29 is 0 Å². The molecule has 4 heterocycles. The highest BCUT2D eigenvalue weighted by atomic mass is 14.9. The number of hydrogen-bond donors (Lipinski definition) is 0. The van der Waals surface area contributed by atoms with Gasteiger partial charge in [0.05, 0.1) is 33.1 Å². The molecule has 0 N–H and O–H groups in total. The number of nitrogens with zero attached hydrogens (tertiary/aromatic N) is 2. The van der Waals surface area contributed by atoms with E-state index in [1.165, 1.54) is 98.5 Å². The molecule has 9 aromatic rings. The molecule has 0 bridgehead atoms. The Morgan fingerprint density at radius 1 is 0.409 bits per heavy atom. The van der Waals surface area contributed by atoms with Gasteiger partial charge in [-0.2, -0.15) is 0 Å². The molecule has 0 saturated heterocycles. The molecule has 0 atom stereocenters. The highest BCUT2D eigenvalue weighted by Gasteiger charge is 2.25. The molecule has 11 rings (SSSR count). The monoisotopic (exact) mass is 560 g/mol. The topological polar surface area (TPSA) is 8.82 Å². The van der Waals surface area contributed by atoms with Crippen molar-refractivity contribution in [3.05, 3.63) is 133 Å². The van der Waals surface area contributed by atoms with Gasteiger partial charge in [-0.1, -0.05) is 97.1 Å². The van der Waals surface area contributed by atoms with Crippen molar-refractivity contribution in [3.63, 3.8) is 0 Å². The Morgan fingerprint density at radius 3 is 1.34 bits per heavy atom. The second kappa shape index (κ2) is 8.18. The molecule has 2 nitrogen and oxygen atoms in total. The summed E-state index contributed by atoms with van der Waals surface area (Å²) in [5.41, 5.74) is 13.2. The third-order valence-corrected chi connectivity index (χ3v) is 10.4. The summed E-state index contributed by atoms with van der Waals surface area (Å²) < 4.78 is 5.09. The molecule has 2 aliphatic rings. The van der Waals surface area contributed by atoms with Crippen LogP contribution in [0.1, 0.15) is 36.8 Å². The van der Waals surface area contributed by atoms with E-state index in [2.05, 4.69) is 130 Å². The minimum Gasteiger partial charge on any atom is -0.308 e. The fourth-order valence-corrected chi connectivity index (χ4v) is 8.61. The molecular formula is C42H28N2. The number of hydrogen-bond acceptors (Lipinski definition) is 0. The molecule has 0 aliphatic heterocycles. The van der Waals surface area contributed by atoms with Crippen LogP contribution in [0.5, 0.6) is 0 Å². The average Bonchev–Trinajstić information content (AvgIpc) is 3.81. The highest BCUT2D eigenvalue weighted by Crippen LogP contribution is 2.47. The van der Waals surface area contributed by atoms with Crippen molar-refractivity contribution in [3.8, 4) is 0 Å². The van der Waals surface area contributed by atoms with Gasteiger partial charge in [-0.25, -0.2) is 0 Å². The third-order valence-electron chi connectivity index (χ3n) is 10.4. The van der Waals surface area contributed by atoms with Crippen molar-refractivity contribution in [1.82, 2.24) is 8.80 Å². The number of benzene rings is 5. The van der Waals surface area contributed by atoms with Crippen molar-refractivity contribution in [1.29, 1.82) is 0 Å². The zero-order chi connectivity index (χ0) is 28.5. The van der Waals surface area contributed by atoms with E-state index in [9.17, 15) is 0 Å². The molecule has 0 saturated carbocycles. The molecule has 2 aliphatic carbocycles. The Balaban J connectivity index is 1.33. The first-order valence-electron chi connectivity index (χ1n) is 15.9. The van der Waals surface area contributed by atoms with E-state index >= 15 is 0 Å². The lowest BCUT2D eigenvalue weighted by Gasteiger charge is -2.10. The Kier molecular flexibility index (Phi) is 4.31. The first kappa shape index (κ1) is 23.2. The van der Waals surface area contributed by atoms with Crippen LogP contribution >= 0.6 is 0 Å². The van der Waals surface area contributed by atoms with Crippen molar-refractivity contribution in [2.45, 2.75) is 25.7 Å². The molecule has 0 fully saturated rings. The maximum absolute atomic E-state index is 2.54. The van der Waals surface area contributed by atoms with Crippen molar-refractivity contribution in [2.75, 3.05) is 0 Å². The van der Waals surface area contributed by atoms with Gasteiger partial charge in [0.2, 0.25) is 0 Å². The van der Waals surface area contributed by atoms with Crippen LogP contribution in [0.3, 0.4) is 0 Å². The zero-order valence-electron chi connectivity index (χ0n) is 24.3. The second-order valence-corrected chi connectivity index (χ2v) is 12.6. The summed E-state index contributed by atoms with van der Waals surface area (Å²) in [7, 11) is 0. The van der Waals surface area contributed by atoms with Crippen LogP contribution in [0.25, 0.3) is 87.3 Å². The largest absolute Gasteiger partial charge is 0.308 e. The molecule has 44 heavy (non-hydrogen) atoms. The van der Waals surface area contributed by atoms with Crippen LogP contribution in [-0.2, 0) is 0 Å². The molecule has 0 spiro atoms. The molecular weight excluding hydrogens is 532 g/mol. The zero-order valence-corrected chi connectivity index (χ0v) is 24.3. The van der Waals surface area contributed by atoms with E-state index in [1.54, 1.807) is 0 Å². The van der Waals surface area contributed by atoms with Crippen LogP contribution in [0.4, 0.5) is 0 Å². The smallest absolute Gasteiger partial charge is 0.0626 e. The number of aromatic nitrogens is 2. The lowest BCUT2D eigenvalue weighted by atomic mass is 9.93. The lowest BCUT2D eigenvalue weighted by molar-refractivity contribution is 1.04. The minimum absolute atomic E-state index is 1.11. The molecule has 0 amide bonds. The average molecular weight is 561 g/mol. The maximum Gasteiger partial charge on any atom is 0.0626 e. The predicted molar refractivity (Wildman–Crippen MR) is 188 cm³/mol. The Morgan fingerprint density at radius 2 is 0.886 bits per heavy atom. The fraction of sp³-hybridized carbons (Fsp3) is 0.0952. The van der Waals surface area contributed by atoms with Crippen LogP contribution in [0.2, 0.25) is 0 Å². The quantitative estimate of drug-likeness (QED) is 0.199. The summed E-state index contributed by atoms with van der Waals surface area (Å²) in [5.74, 6) is 0. The van der Waals surface area contributed by atoms with E-state index in [0.717, 1.165) is 25.7 Å². The SMILES string of the molecule is C1=CC(c2ccc3c4cc5c(cc4n4c6ccccc6c2c34)c2ccc(C3=CCCC=C3)c3c4ccccc4n5c23)=CCC1. The van der Waals surface area contributed by atoms with Gasteiger partial charge in [-0.15, -0.1) is 0 Å². The maximum atomic E-state index is 2.54. The van der Waals surface area contributed by atoms with E-state index in [1.807, 2.05) is 0 Å². The van der Waals surface area contributed by atoms with Gasteiger partial charge < -0.3 is 8.80 Å². The second-order valence-electron chi connectivity index (χ2n) is 12.6. The Bertz CT molecular complexity index is 2610. The molecule has 2 heteroatoms. The van der Waals surface area contributed by atoms with E-state index < -0.39 is 0 Å². The molecule has 0 unspecified atom stereocenters. The van der Waals surface area contributed by atoms with Gasteiger partial charge in [-0.3, -0.25) is 0 Å². The minimum atomic E-state index is 1.11. The lowest BCUT2D eigenvalue weighted by Crippen LogP contribution is -1.87. The van der Waals surface area contributed by atoms with Crippen molar-refractivity contribution >= 4 is 87.3 Å². The third kappa shape index (κ3) is 2.73. The summed E-state index contributed by atoms with van der Waals surface area (Å²) in [6.07, 6.45) is 18.6. The summed E-state index contributed by atoms with van der Waals surface area (Å²) in [6, 6.07) is 32.4. The summed E-state index contributed by atoms with van der Waals surface area (Å²) in [6.45, 7) is 0. The molecule has 4 aromatic heterocycles. The van der Waals surface area contributed by atoms with Gasteiger partial charge in [0, 0.05) is 43.1 Å². The van der Waals surface area contributed by atoms with Crippen LogP contribution in [-0.4, -0.2) is 8.80 Å². The number of para-hydroxylation sites is 2. The van der Waals surface area contributed by atoms with Crippen LogP contribution in [0.15, 0.2) is 121 Å². The van der Waals surface area contributed by atoms with E-state index in [0.29, 0.717) is 0 Å². The Hall–Kier alpha value is -5.34. The van der Waals surface area contributed by atoms with Crippen molar-refractivity contribution in [2.24, 2.45) is 0 Å². The normalized spacial score (nSPS) is 15.9. The van der Waals surface area contributed by atoms with Gasteiger partial charge in [-0.05, 0) is 72.2 Å². The van der Waals surface area contributed by atoms with Gasteiger partial charge >= 0.3 is 0 Å². The van der Waals surface area contributed by atoms with E-state index in [4.69, 9.17) is 0 Å². The molecule has 206 valence electrons. The highest BCUT2D eigenvalue weighted by molar-refractivity contribution is 6.31. The first-order chi connectivity index (χ1) is 21.9. The Labute approximate surface area is 253 Å². The molecule has 0 radical (unpaired) electrons. The first-order valence-corrected chi connectivity index (χ1v) is 15.9. The van der Waals surface area contributed by atoms with Crippen LogP contribution in [0, 0.1) is 0 Å². The van der Waals surface area contributed by atoms with Gasteiger partial charge in [0.1, 0.15) is 0 Å². The van der Waals surface area contributed by atoms with E-state index in [-0.39, 0.29) is 0 Å². The summed E-state index contributed by atoms with van der Waals surface area (Å²) in [4.78, 5) is 0. The van der Waals surface area contributed by atoms with Gasteiger partial charge in [0.25, 0.3) is 0 Å². The fourth-order valence-electron chi connectivity index (χ4n) is 8.61. The molecule has 5 aromatic carbocycles. The van der Waals surface area contributed by atoms with Gasteiger partial charge in [0.15, 0.2) is 0 Å². The number of rotatable bonds is 2. The standard InChI is InChI=1S/C42H28N2/c1-3-11-25(12-4-1)27-19-21-29-33-23-38-34(24-37(33)43-35-17-9-7-15-31(35)39(27)41(29)43)30-22-20-28(26-13-5-2-6-14-26)40-32-16-8-10-18-36(32)44(38)42(30)40/h3,5,7-24H,1-2,4,6H2. The number of allylic oxidation sites excluding steroid dienone is 8. The predicted octanol–water partition coefficient (Wildman–Crippen LogP) is 11.5. The summed E-state index contributed by atoms with van der Waals surface area (Å²) in [5, 5.41) is 10.7. The van der Waals surface area contributed by atoms with Crippen LogP contribution < -0.4 is 0 Å². The number of fused-ring (bicyclic) bond motifs is 12. The summed E-state index contributed by atoms with van der Waals surface area (Å²) >= 11 is 0.